The Hall–Kier alpha value is -0.830. The first-order valence-electron chi connectivity index (χ1n) is 5.12. The van der Waals surface area contributed by atoms with Gasteiger partial charge in [-0.2, -0.15) is 0 Å². The molecule has 0 amide bonds. The van der Waals surface area contributed by atoms with E-state index in [0.29, 0.717) is 18.4 Å². The van der Waals surface area contributed by atoms with E-state index in [2.05, 4.69) is 12.2 Å². The fraction of sp³-hybridized carbons (Fsp3) is 0.727. The average Bonchev–Trinajstić information content (AvgIpc) is 2.76. The standard InChI is InChI=1S/C11H16O3/c1-13-7-11(12)14-6-10-5-8-2-3-9(10)4-8/h2-3,8-10H,4-7H2,1H3. The maximum atomic E-state index is 11.0. The van der Waals surface area contributed by atoms with Crippen LogP contribution in [0.3, 0.4) is 0 Å². The maximum absolute atomic E-state index is 11.0. The molecule has 0 spiro atoms. The highest BCUT2D eigenvalue weighted by molar-refractivity contribution is 5.70. The van der Waals surface area contributed by atoms with Crippen LogP contribution in [0.5, 0.6) is 0 Å². The van der Waals surface area contributed by atoms with Crippen LogP contribution in [0.2, 0.25) is 0 Å². The third-order valence-electron chi connectivity index (χ3n) is 3.14. The summed E-state index contributed by atoms with van der Waals surface area (Å²) in [4.78, 5) is 11.0. The van der Waals surface area contributed by atoms with E-state index in [1.54, 1.807) is 0 Å². The molecule has 3 unspecified atom stereocenters. The number of ether oxygens (including phenoxy) is 2. The predicted octanol–water partition coefficient (Wildman–Crippen LogP) is 1.39. The van der Waals surface area contributed by atoms with Crippen molar-refractivity contribution in [2.45, 2.75) is 12.8 Å². The summed E-state index contributed by atoms with van der Waals surface area (Å²) in [5.41, 5.74) is 0. The van der Waals surface area contributed by atoms with Crippen LogP contribution >= 0.6 is 0 Å². The molecular formula is C11H16O3. The minimum absolute atomic E-state index is 0.0661. The average molecular weight is 196 g/mol. The number of methoxy groups -OCH3 is 1. The van der Waals surface area contributed by atoms with Crippen LogP contribution < -0.4 is 0 Å². The second kappa shape index (κ2) is 4.13. The third-order valence-corrected chi connectivity index (χ3v) is 3.14. The second-order valence-corrected chi connectivity index (χ2v) is 4.16. The summed E-state index contributed by atoms with van der Waals surface area (Å²) in [6.07, 6.45) is 7.00. The minimum atomic E-state index is -0.251. The fourth-order valence-corrected chi connectivity index (χ4v) is 2.45. The molecule has 2 rings (SSSR count). The van der Waals surface area contributed by atoms with Crippen molar-refractivity contribution in [3.05, 3.63) is 12.2 Å². The van der Waals surface area contributed by atoms with Crippen LogP contribution in [0.25, 0.3) is 0 Å². The molecule has 78 valence electrons. The van der Waals surface area contributed by atoms with Gasteiger partial charge in [0, 0.05) is 7.11 Å². The number of rotatable bonds is 4. The number of hydrogen-bond acceptors (Lipinski definition) is 3. The van der Waals surface area contributed by atoms with Gasteiger partial charge < -0.3 is 9.47 Å². The lowest BCUT2D eigenvalue weighted by Gasteiger charge is -2.17. The zero-order chi connectivity index (χ0) is 9.97. The van der Waals surface area contributed by atoms with Gasteiger partial charge in [0.1, 0.15) is 6.61 Å². The Morgan fingerprint density at radius 1 is 1.43 bits per heavy atom. The third kappa shape index (κ3) is 1.98. The Balaban J connectivity index is 1.72. The summed E-state index contributed by atoms with van der Waals surface area (Å²) >= 11 is 0. The van der Waals surface area contributed by atoms with Crippen LogP contribution in [0.15, 0.2) is 12.2 Å². The van der Waals surface area contributed by atoms with Crippen LogP contribution in [-0.4, -0.2) is 26.3 Å². The molecule has 0 heterocycles. The molecule has 0 aliphatic heterocycles. The Labute approximate surface area is 84.1 Å². The second-order valence-electron chi connectivity index (χ2n) is 4.16. The van der Waals surface area contributed by atoms with E-state index in [9.17, 15) is 4.79 Å². The number of allylic oxidation sites excluding steroid dienone is 2. The Morgan fingerprint density at radius 2 is 2.29 bits per heavy atom. The molecule has 0 aromatic rings. The van der Waals surface area contributed by atoms with Crippen molar-refractivity contribution in [1.82, 2.24) is 0 Å². The molecule has 0 aromatic heterocycles. The number of hydrogen-bond donors (Lipinski definition) is 0. The number of fused-ring (bicyclic) bond motifs is 2. The monoisotopic (exact) mass is 196 g/mol. The summed E-state index contributed by atoms with van der Waals surface area (Å²) < 4.78 is 9.81. The van der Waals surface area contributed by atoms with Gasteiger partial charge in [-0.25, -0.2) is 4.79 Å². The van der Waals surface area contributed by atoms with Gasteiger partial charge in [0.15, 0.2) is 0 Å². The molecule has 2 bridgehead atoms. The van der Waals surface area contributed by atoms with E-state index >= 15 is 0 Å². The van der Waals surface area contributed by atoms with Crippen molar-refractivity contribution in [2.24, 2.45) is 17.8 Å². The first-order chi connectivity index (χ1) is 6.79. The van der Waals surface area contributed by atoms with E-state index in [1.807, 2.05) is 0 Å². The Morgan fingerprint density at radius 3 is 2.86 bits per heavy atom. The first-order valence-corrected chi connectivity index (χ1v) is 5.12. The number of carbonyl (C=O) groups is 1. The normalized spacial score (nSPS) is 33.6. The number of esters is 1. The Kier molecular flexibility index (Phi) is 2.87. The molecule has 3 heteroatoms. The van der Waals surface area contributed by atoms with Crippen molar-refractivity contribution >= 4 is 5.97 Å². The van der Waals surface area contributed by atoms with Crippen molar-refractivity contribution in [3.63, 3.8) is 0 Å². The van der Waals surface area contributed by atoms with Crippen LogP contribution in [0.4, 0.5) is 0 Å². The molecule has 1 saturated carbocycles. The molecule has 0 saturated heterocycles. The predicted molar refractivity (Wildman–Crippen MR) is 51.7 cm³/mol. The van der Waals surface area contributed by atoms with Crippen molar-refractivity contribution in [1.29, 1.82) is 0 Å². The topological polar surface area (TPSA) is 35.5 Å². The van der Waals surface area contributed by atoms with E-state index < -0.39 is 0 Å². The summed E-state index contributed by atoms with van der Waals surface area (Å²) in [6.45, 7) is 0.629. The molecule has 0 radical (unpaired) electrons. The highest BCUT2D eigenvalue weighted by Gasteiger charge is 2.36. The quantitative estimate of drug-likeness (QED) is 0.503. The fourth-order valence-electron chi connectivity index (χ4n) is 2.45. The van der Waals surface area contributed by atoms with Gasteiger partial charge in [0.05, 0.1) is 6.61 Å². The molecule has 14 heavy (non-hydrogen) atoms. The van der Waals surface area contributed by atoms with Gasteiger partial charge in [-0.3, -0.25) is 0 Å². The molecule has 1 fully saturated rings. The lowest BCUT2D eigenvalue weighted by molar-refractivity contribution is -0.149. The lowest BCUT2D eigenvalue weighted by Crippen LogP contribution is -2.19. The van der Waals surface area contributed by atoms with E-state index in [-0.39, 0.29) is 12.6 Å². The van der Waals surface area contributed by atoms with Crippen LogP contribution in [0, 0.1) is 17.8 Å². The van der Waals surface area contributed by atoms with Gasteiger partial charge in [-0.15, -0.1) is 0 Å². The Bertz CT molecular complexity index is 247. The van der Waals surface area contributed by atoms with Gasteiger partial charge in [-0.1, -0.05) is 12.2 Å². The minimum Gasteiger partial charge on any atom is -0.464 e. The largest absolute Gasteiger partial charge is 0.464 e. The molecule has 2 aliphatic carbocycles. The maximum Gasteiger partial charge on any atom is 0.332 e. The van der Waals surface area contributed by atoms with E-state index in [4.69, 9.17) is 9.47 Å². The molecular weight excluding hydrogens is 180 g/mol. The van der Waals surface area contributed by atoms with Gasteiger partial charge in [0.25, 0.3) is 0 Å². The van der Waals surface area contributed by atoms with E-state index in [0.717, 1.165) is 5.92 Å². The van der Waals surface area contributed by atoms with Crippen LogP contribution in [0.1, 0.15) is 12.8 Å². The van der Waals surface area contributed by atoms with E-state index in [1.165, 1.54) is 20.0 Å². The van der Waals surface area contributed by atoms with Crippen molar-refractivity contribution in [2.75, 3.05) is 20.3 Å². The summed E-state index contributed by atoms with van der Waals surface area (Å²) in [5, 5.41) is 0. The summed E-state index contributed by atoms with van der Waals surface area (Å²) in [6, 6.07) is 0. The van der Waals surface area contributed by atoms with Crippen LogP contribution in [-0.2, 0) is 14.3 Å². The van der Waals surface area contributed by atoms with Crippen molar-refractivity contribution in [3.8, 4) is 0 Å². The summed E-state index contributed by atoms with van der Waals surface area (Å²) in [5.74, 6) is 1.69. The van der Waals surface area contributed by atoms with Gasteiger partial charge in [-0.05, 0) is 30.6 Å². The first kappa shape index (κ1) is 9.71. The van der Waals surface area contributed by atoms with Crippen molar-refractivity contribution < 1.29 is 14.3 Å². The highest BCUT2D eigenvalue weighted by atomic mass is 16.6. The lowest BCUT2D eigenvalue weighted by atomic mass is 9.95. The smallest absolute Gasteiger partial charge is 0.332 e. The molecule has 3 nitrogen and oxygen atoms in total. The number of carbonyl (C=O) groups excluding carboxylic acids is 1. The van der Waals surface area contributed by atoms with Gasteiger partial charge >= 0.3 is 5.97 Å². The SMILES string of the molecule is COCC(=O)OCC1CC2C=CC1C2. The molecule has 0 N–H and O–H groups in total. The summed E-state index contributed by atoms with van der Waals surface area (Å²) in [7, 11) is 1.50. The molecule has 2 aliphatic rings. The molecule has 0 aromatic carbocycles. The van der Waals surface area contributed by atoms with Gasteiger partial charge in [0.2, 0.25) is 0 Å². The zero-order valence-electron chi connectivity index (χ0n) is 8.44. The zero-order valence-corrected chi connectivity index (χ0v) is 8.44. The highest BCUT2D eigenvalue weighted by Crippen LogP contribution is 2.43. The molecule has 3 atom stereocenters.